The predicted molar refractivity (Wildman–Crippen MR) is 175 cm³/mol. The van der Waals surface area contributed by atoms with Crippen molar-refractivity contribution < 1.29 is 27.9 Å². The molecule has 11 nitrogen and oxygen atoms in total. The van der Waals surface area contributed by atoms with Crippen LogP contribution in [-0.4, -0.2) is 88.1 Å². The number of carbonyl (C=O) groups is 2. The van der Waals surface area contributed by atoms with E-state index in [4.69, 9.17) is 15.0 Å². The molecule has 0 heterocycles. The number of rotatable bonds is 29. The van der Waals surface area contributed by atoms with Gasteiger partial charge in [0.05, 0.1) is 6.61 Å². The van der Waals surface area contributed by atoms with Crippen molar-refractivity contribution in [1.29, 1.82) is 0 Å². The van der Waals surface area contributed by atoms with Gasteiger partial charge in [0.2, 0.25) is 5.96 Å². The van der Waals surface area contributed by atoms with Crippen LogP contribution in [0.15, 0.2) is 4.40 Å². The Morgan fingerprint density at radius 2 is 1.23 bits per heavy atom. The highest BCUT2D eigenvalue weighted by Gasteiger charge is 2.09. The van der Waals surface area contributed by atoms with E-state index in [9.17, 15) is 18.0 Å². The second-order valence-electron chi connectivity index (χ2n) is 11.7. The molecular weight excluding hydrogens is 570 g/mol. The van der Waals surface area contributed by atoms with E-state index in [0.717, 1.165) is 103 Å². The highest BCUT2D eigenvalue weighted by Crippen LogP contribution is 2.11. The number of carboxylic acid groups (broad SMARTS) is 1. The summed E-state index contributed by atoms with van der Waals surface area (Å²) in [5, 5.41) is 16.9. The molecule has 0 radical (unpaired) electrons. The lowest BCUT2D eigenvalue weighted by Gasteiger charge is -2.23. The van der Waals surface area contributed by atoms with Crippen molar-refractivity contribution in [2.75, 3.05) is 46.9 Å². The second-order valence-corrected chi connectivity index (χ2v) is 12.9. The van der Waals surface area contributed by atoms with Crippen molar-refractivity contribution in [3.8, 4) is 0 Å². The van der Waals surface area contributed by atoms with Crippen LogP contribution < -0.4 is 10.5 Å². The Labute approximate surface area is 262 Å². The molecule has 0 bridgehead atoms. The van der Waals surface area contributed by atoms with Gasteiger partial charge in [0.15, 0.2) is 0 Å². The Hall–Kier alpha value is -1.92. The number of nitrogens with two attached hydrogens (primary N) is 1. The van der Waals surface area contributed by atoms with Crippen molar-refractivity contribution in [3.63, 3.8) is 0 Å². The Bertz CT molecular complexity index is 839. The summed E-state index contributed by atoms with van der Waals surface area (Å²) in [6.07, 6.45) is 20.1. The van der Waals surface area contributed by atoms with Gasteiger partial charge >= 0.3 is 22.1 Å². The minimum absolute atomic E-state index is 0.0692. The number of ether oxygens (including phenoxy) is 1. The van der Waals surface area contributed by atoms with Gasteiger partial charge < -0.3 is 25.0 Å². The molecule has 12 heteroatoms. The van der Waals surface area contributed by atoms with Gasteiger partial charge in [-0.25, -0.2) is 5.14 Å². The lowest BCUT2D eigenvalue weighted by molar-refractivity contribution is -0.144. The molecule has 0 rings (SSSR count). The molecule has 0 saturated carbocycles. The Balaban J connectivity index is 4.24. The number of guanidine groups is 1. The molecule has 4 N–H and O–H groups in total. The maximum absolute atomic E-state index is 12.0. The van der Waals surface area contributed by atoms with E-state index in [2.05, 4.69) is 21.5 Å². The van der Waals surface area contributed by atoms with Crippen molar-refractivity contribution in [3.05, 3.63) is 0 Å². The van der Waals surface area contributed by atoms with E-state index < -0.39 is 16.2 Å². The van der Waals surface area contributed by atoms with Crippen LogP contribution in [0.5, 0.6) is 0 Å². The molecule has 0 aliphatic carbocycles. The lowest BCUT2D eigenvalue weighted by atomic mass is 10.1. The van der Waals surface area contributed by atoms with Gasteiger partial charge in [0.25, 0.3) is 0 Å². The fraction of sp³-hybridized carbons (Fsp3) is 0.903. The molecule has 0 aromatic carbocycles. The van der Waals surface area contributed by atoms with Crippen LogP contribution in [0.4, 0.5) is 0 Å². The van der Waals surface area contributed by atoms with Crippen LogP contribution in [0.25, 0.3) is 0 Å². The lowest BCUT2D eigenvalue weighted by Crippen LogP contribution is -2.39. The topological polar surface area (TPSA) is 155 Å². The number of nitrogens with one attached hydrogen (secondary N) is 1. The van der Waals surface area contributed by atoms with Crippen molar-refractivity contribution in [2.24, 2.45) is 9.54 Å². The van der Waals surface area contributed by atoms with Gasteiger partial charge in [-0.2, -0.15) is 8.42 Å². The van der Waals surface area contributed by atoms with Gasteiger partial charge in [-0.1, -0.05) is 84.0 Å². The van der Waals surface area contributed by atoms with E-state index in [1.807, 2.05) is 0 Å². The summed E-state index contributed by atoms with van der Waals surface area (Å²) >= 11 is 0. The van der Waals surface area contributed by atoms with Gasteiger partial charge in [0, 0.05) is 33.5 Å². The number of aliphatic carboxylic acids is 1. The summed E-state index contributed by atoms with van der Waals surface area (Å²) in [7, 11) is -0.553. The summed E-state index contributed by atoms with van der Waals surface area (Å²) in [6, 6.07) is 0. The zero-order chi connectivity index (χ0) is 32.2. The number of esters is 1. The third-order valence-corrected chi connectivity index (χ3v) is 7.73. The van der Waals surface area contributed by atoms with Crippen LogP contribution in [0.1, 0.15) is 135 Å². The zero-order valence-electron chi connectivity index (χ0n) is 27.5. The van der Waals surface area contributed by atoms with E-state index >= 15 is 0 Å². The number of hydrogen-bond acceptors (Lipinski definition) is 6. The fourth-order valence-corrected chi connectivity index (χ4v) is 5.29. The molecule has 0 fully saturated rings. The maximum atomic E-state index is 12.0. The van der Waals surface area contributed by atoms with E-state index in [-0.39, 0.29) is 18.3 Å². The molecule has 0 amide bonds. The first-order valence-corrected chi connectivity index (χ1v) is 18.2. The monoisotopic (exact) mass is 633 g/mol. The van der Waals surface area contributed by atoms with Gasteiger partial charge in [0.1, 0.15) is 0 Å². The van der Waals surface area contributed by atoms with Crippen LogP contribution in [-0.2, 0) is 24.5 Å². The quantitative estimate of drug-likeness (QED) is 0.0422. The molecule has 0 atom stereocenters. The molecule has 43 heavy (non-hydrogen) atoms. The maximum Gasteiger partial charge on any atom is 0.320 e. The summed E-state index contributed by atoms with van der Waals surface area (Å²) in [6.45, 7) is 6.20. The standard InChI is InChI=1S/C31H63N5O6S/c1-4-5-6-7-8-15-20-28-42-30(39)23-17-12-10-14-19-26-36(25-18-13-9-11-16-22-29(37)38)27-21-24-33-31(35(2)3)34-43(32,40)41/h4-28H2,1-3H3,(H,33,34)(H,37,38)(H2,32,40,41). The van der Waals surface area contributed by atoms with Gasteiger partial charge in [-0.3, -0.25) is 9.59 Å². The molecule has 0 unspecified atom stereocenters. The fourth-order valence-electron chi connectivity index (χ4n) is 4.83. The van der Waals surface area contributed by atoms with Crippen molar-refractivity contribution in [1.82, 2.24) is 15.1 Å². The SMILES string of the molecule is CCCCCCCCCOC(=O)CCCCCCCN(CCCCCCCC(=O)O)CCCN/C(=N/S(N)(=O)=O)N(C)C. The molecule has 0 aliphatic rings. The largest absolute Gasteiger partial charge is 0.481 e. The highest BCUT2D eigenvalue weighted by molar-refractivity contribution is 7.88. The average Bonchev–Trinajstić information content (AvgIpc) is 2.93. The Morgan fingerprint density at radius 3 is 1.77 bits per heavy atom. The third-order valence-electron chi connectivity index (χ3n) is 7.30. The molecule has 0 aromatic heterocycles. The summed E-state index contributed by atoms with van der Waals surface area (Å²) in [5.74, 6) is -0.581. The first-order chi connectivity index (χ1) is 20.5. The minimum atomic E-state index is -3.97. The first-order valence-electron chi connectivity index (χ1n) is 16.7. The normalized spacial score (nSPS) is 12.1. The average molecular weight is 634 g/mol. The van der Waals surface area contributed by atoms with Crippen LogP contribution in [0.3, 0.4) is 0 Å². The number of carbonyl (C=O) groups excluding carboxylic acids is 1. The number of hydrogen-bond donors (Lipinski definition) is 3. The highest BCUT2D eigenvalue weighted by atomic mass is 32.2. The molecule has 0 aromatic rings. The van der Waals surface area contributed by atoms with E-state index in [0.29, 0.717) is 19.6 Å². The molecule has 254 valence electrons. The summed E-state index contributed by atoms with van der Waals surface area (Å²) in [5.41, 5.74) is 0. The molecule has 0 spiro atoms. The number of carboxylic acids is 1. The van der Waals surface area contributed by atoms with Gasteiger partial charge in [-0.05, 0) is 58.2 Å². The van der Waals surface area contributed by atoms with Crippen LogP contribution in [0, 0.1) is 0 Å². The molecule has 0 saturated heterocycles. The summed E-state index contributed by atoms with van der Waals surface area (Å²) < 4.78 is 31.6. The number of unbranched alkanes of at least 4 members (excludes halogenated alkanes) is 14. The smallest absolute Gasteiger partial charge is 0.320 e. The zero-order valence-corrected chi connectivity index (χ0v) is 28.3. The number of nitrogens with zero attached hydrogens (tertiary/aromatic N) is 3. The summed E-state index contributed by atoms with van der Waals surface area (Å²) in [4.78, 5) is 26.7. The first kappa shape index (κ1) is 41.1. The second kappa shape index (κ2) is 27.6. The minimum Gasteiger partial charge on any atom is -0.481 e. The molecular formula is C31H63N5O6S. The Kier molecular flexibility index (Phi) is 26.4. The van der Waals surface area contributed by atoms with Crippen LogP contribution >= 0.6 is 0 Å². The van der Waals surface area contributed by atoms with Crippen LogP contribution in [0.2, 0.25) is 0 Å². The van der Waals surface area contributed by atoms with E-state index in [1.54, 1.807) is 19.0 Å². The third kappa shape index (κ3) is 29.9. The molecule has 0 aliphatic heterocycles. The van der Waals surface area contributed by atoms with Crippen molar-refractivity contribution >= 4 is 28.1 Å². The predicted octanol–water partition coefficient (Wildman–Crippen LogP) is 5.45. The van der Waals surface area contributed by atoms with Crippen molar-refractivity contribution in [2.45, 2.75) is 135 Å². The van der Waals surface area contributed by atoms with E-state index in [1.165, 1.54) is 32.1 Å². The Morgan fingerprint density at radius 1 is 0.744 bits per heavy atom. The van der Waals surface area contributed by atoms with Gasteiger partial charge in [-0.15, -0.1) is 4.40 Å².